The molecule has 0 saturated heterocycles. The fourth-order valence-corrected chi connectivity index (χ4v) is 1.86. The normalized spacial score (nSPS) is 10.9. The summed E-state index contributed by atoms with van der Waals surface area (Å²) in [7, 11) is 0. The predicted molar refractivity (Wildman–Crippen MR) is 76.1 cm³/mol. The third-order valence-electron chi connectivity index (χ3n) is 2.43. The van der Waals surface area contributed by atoms with E-state index in [1.165, 1.54) is 11.0 Å². The quantitative estimate of drug-likeness (QED) is 0.479. The van der Waals surface area contributed by atoms with Gasteiger partial charge in [0.1, 0.15) is 0 Å². The van der Waals surface area contributed by atoms with Gasteiger partial charge < -0.3 is 9.15 Å². The molecule has 20 heavy (non-hydrogen) atoms. The van der Waals surface area contributed by atoms with Crippen molar-refractivity contribution in [1.82, 2.24) is 10.2 Å². The Morgan fingerprint density at radius 2 is 2.10 bits per heavy atom. The highest BCUT2D eigenvalue weighted by molar-refractivity contribution is 7.98. The third kappa shape index (κ3) is 4.24. The maximum absolute atomic E-state index is 11.5. The number of thioether (sulfide) groups is 1. The van der Waals surface area contributed by atoms with Crippen LogP contribution in [0.25, 0.3) is 6.08 Å². The molecule has 0 bridgehead atoms. The molecule has 0 N–H and O–H groups in total. The van der Waals surface area contributed by atoms with Gasteiger partial charge in [-0.25, -0.2) is 4.79 Å². The number of nitrogens with zero attached hydrogens (tertiary/aromatic N) is 2. The van der Waals surface area contributed by atoms with E-state index in [-0.39, 0.29) is 12.5 Å². The first-order chi connectivity index (χ1) is 9.67. The van der Waals surface area contributed by atoms with Crippen LogP contribution in [0.3, 0.4) is 0 Å². The molecule has 0 atom stereocenters. The number of hydrogen-bond acceptors (Lipinski definition) is 6. The molecule has 0 amide bonds. The van der Waals surface area contributed by atoms with Crippen molar-refractivity contribution >= 4 is 23.8 Å². The van der Waals surface area contributed by atoms with Gasteiger partial charge in [0.05, 0.1) is 0 Å². The monoisotopic (exact) mass is 290 g/mol. The lowest BCUT2D eigenvalue weighted by Crippen LogP contribution is -2.00. The molecule has 6 heteroatoms. The van der Waals surface area contributed by atoms with Gasteiger partial charge in [-0.3, -0.25) is 0 Å². The highest BCUT2D eigenvalue weighted by Gasteiger charge is 2.04. The molecule has 0 radical (unpaired) electrons. The third-order valence-corrected chi connectivity index (χ3v) is 3.18. The predicted octanol–water partition coefficient (Wildman–Crippen LogP) is 2.86. The smallest absolute Gasteiger partial charge is 0.331 e. The molecule has 0 saturated carbocycles. The zero-order valence-electron chi connectivity index (χ0n) is 11.2. The number of rotatable bonds is 5. The first-order valence-corrected chi connectivity index (χ1v) is 7.18. The van der Waals surface area contributed by atoms with Gasteiger partial charge in [-0.2, -0.15) is 0 Å². The van der Waals surface area contributed by atoms with Gasteiger partial charge >= 0.3 is 5.97 Å². The van der Waals surface area contributed by atoms with E-state index in [9.17, 15) is 4.79 Å². The van der Waals surface area contributed by atoms with Gasteiger partial charge in [0.2, 0.25) is 5.89 Å². The highest BCUT2D eigenvalue weighted by atomic mass is 32.2. The van der Waals surface area contributed by atoms with E-state index in [0.717, 1.165) is 5.56 Å². The molecule has 1 aromatic heterocycles. The lowest BCUT2D eigenvalue weighted by atomic mass is 10.2. The van der Waals surface area contributed by atoms with Crippen molar-refractivity contribution in [2.75, 3.05) is 6.26 Å². The zero-order valence-corrected chi connectivity index (χ0v) is 12.0. The maximum atomic E-state index is 11.5. The molecule has 1 aromatic carbocycles. The number of hydrogen-bond donors (Lipinski definition) is 0. The number of aryl methyl sites for hydroxylation is 1. The summed E-state index contributed by atoms with van der Waals surface area (Å²) in [6.45, 7) is 1.66. The van der Waals surface area contributed by atoms with Crippen molar-refractivity contribution < 1.29 is 13.9 Å². The van der Waals surface area contributed by atoms with Gasteiger partial charge in [0.15, 0.2) is 6.61 Å². The summed E-state index contributed by atoms with van der Waals surface area (Å²) < 4.78 is 10.1. The molecular weight excluding hydrogens is 276 g/mol. The van der Waals surface area contributed by atoms with E-state index < -0.39 is 5.97 Å². The van der Waals surface area contributed by atoms with Crippen molar-refractivity contribution in [1.29, 1.82) is 0 Å². The summed E-state index contributed by atoms with van der Waals surface area (Å²) in [6, 6.07) is 7.88. The Kier molecular flexibility index (Phi) is 4.95. The van der Waals surface area contributed by atoms with Crippen molar-refractivity contribution in [3.63, 3.8) is 0 Å². The second-order valence-electron chi connectivity index (χ2n) is 3.93. The van der Waals surface area contributed by atoms with E-state index >= 15 is 0 Å². The molecule has 0 spiro atoms. The summed E-state index contributed by atoms with van der Waals surface area (Å²) in [5.41, 5.74) is 0.938. The van der Waals surface area contributed by atoms with E-state index in [0.29, 0.717) is 5.89 Å². The second kappa shape index (κ2) is 6.91. The van der Waals surface area contributed by atoms with Crippen molar-refractivity contribution in [2.24, 2.45) is 0 Å². The van der Waals surface area contributed by atoms with Gasteiger partial charge in [-0.05, 0) is 30.0 Å². The van der Waals surface area contributed by atoms with Crippen LogP contribution in [0.1, 0.15) is 17.3 Å². The SMILES string of the molecule is CSc1ccc(/C=C/C(=O)OCc2nnc(C)o2)cc1. The standard InChI is InChI=1S/C14H14N2O3S/c1-10-15-16-13(19-10)9-18-14(17)8-5-11-3-6-12(20-2)7-4-11/h3-8H,9H2,1-2H3/b8-5+. The Hall–Kier alpha value is -2.08. The van der Waals surface area contributed by atoms with Crippen LogP contribution in [0, 0.1) is 6.92 Å². The number of benzene rings is 1. The molecule has 104 valence electrons. The molecular formula is C14H14N2O3S. The van der Waals surface area contributed by atoms with Gasteiger partial charge in [-0.1, -0.05) is 12.1 Å². The number of carbonyl (C=O) groups excluding carboxylic acids is 1. The summed E-state index contributed by atoms with van der Waals surface area (Å²) >= 11 is 1.67. The van der Waals surface area contributed by atoms with Crippen LogP contribution in [-0.4, -0.2) is 22.4 Å². The van der Waals surface area contributed by atoms with Crippen LogP contribution in [0.5, 0.6) is 0 Å². The van der Waals surface area contributed by atoms with Crippen LogP contribution in [0.4, 0.5) is 0 Å². The Bertz CT molecular complexity index is 605. The van der Waals surface area contributed by atoms with Gasteiger partial charge in [0.25, 0.3) is 5.89 Å². The van der Waals surface area contributed by atoms with Crippen LogP contribution in [-0.2, 0) is 16.1 Å². The van der Waals surface area contributed by atoms with E-state index in [2.05, 4.69) is 10.2 Å². The zero-order chi connectivity index (χ0) is 14.4. The summed E-state index contributed by atoms with van der Waals surface area (Å²) in [6.07, 6.45) is 5.09. The van der Waals surface area contributed by atoms with E-state index in [1.54, 1.807) is 24.8 Å². The van der Waals surface area contributed by atoms with Crippen LogP contribution in [0.2, 0.25) is 0 Å². The van der Waals surface area contributed by atoms with Gasteiger partial charge in [0, 0.05) is 17.9 Å². The lowest BCUT2D eigenvalue weighted by Gasteiger charge is -1.98. The Morgan fingerprint density at radius 1 is 1.35 bits per heavy atom. The average molecular weight is 290 g/mol. The number of aromatic nitrogens is 2. The number of ether oxygens (including phenoxy) is 1. The number of carbonyl (C=O) groups is 1. The first kappa shape index (κ1) is 14.3. The maximum Gasteiger partial charge on any atom is 0.331 e. The molecule has 0 unspecified atom stereocenters. The second-order valence-corrected chi connectivity index (χ2v) is 4.81. The summed E-state index contributed by atoms with van der Waals surface area (Å²) in [5.74, 6) is 0.281. The van der Waals surface area contributed by atoms with Crippen LogP contribution < -0.4 is 0 Å². The molecule has 0 aliphatic carbocycles. The summed E-state index contributed by atoms with van der Waals surface area (Å²) in [4.78, 5) is 12.7. The molecule has 0 fully saturated rings. The minimum absolute atomic E-state index is 0.0184. The lowest BCUT2D eigenvalue weighted by molar-refractivity contribution is -0.139. The largest absolute Gasteiger partial charge is 0.452 e. The van der Waals surface area contributed by atoms with E-state index in [4.69, 9.17) is 9.15 Å². The topological polar surface area (TPSA) is 65.2 Å². The molecule has 2 rings (SSSR count). The molecule has 2 aromatic rings. The number of esters is 1. The Balaban J connectivity index is 1.85. The average Bonchev–Trinajstić information content (AvgIpc) is 2.89. The Morgan fingerprint density at radius 3 is 2.70 bits per heavy atom. The fraction of sp³-hybridized carbons (Fsp3) is 0.214. The van der Waals surface area contributed by atoms with Crippen LogP contribution in [0.15, 0.2) is 39.7 Å². The molecule has 0 aliphatic rings. The fourth-order valence-electron chi connectivity index (χ4n) is 1.46. The first-order valence-electron chi connectivity index (χ1n) is 5.95. The van der Waals surface area contributed by atoms with Crippen LogP contribution >= 0.6 is 11.8 Å². The molecule has 5 nitrogen and oxygen atoms in total. The highest BCUT2D eigenvalue weighted by Crippen LogP contribution is 2.15. The molecule has 0 aliphatic heterocycles. The van der Waals surface area contributed by atoms with Crippen molar-refractivity contribution in [3.8, 4) is 0 Å². The minimum atomic E-state index is -0.449. The molecule has 1 heterocycles. The van der Waals surface area contributed by atoms with Crippen molar-refractivity contribution in [3.05, 3.63) is 47.7 Å². The van der Waals surface area contributed by atoms with Gasteiger partial charge in [-0.15, -0.1) is 22.0 Å². The van der Waals surface area contributed by atoms with Crippen molar-refractivity contribution in [2.45, 2.75) is 18.4 Å². The summed E-state index contributed by atoms with van der Waals surface area (Å²) in [5, 5.41) is 7.38. The Labute approximate surface area is 121 Å². The van der Waals surface area contributed by atoms with E-state index in [1.807, 2.05) is 30.5 Å². The minimum Gasteiger partial charge on any atom is -0.452 e.